The van der Waals surface area contributed by atoms with Gasteiger partial charge in [0.05, 0.1) is 7.11 Å². The molecular weight excluding hydrogens is 250 g/mol. The van der Waals surface area contributed by atoms with Crippen molar-refractivity contribution < 1.29 is 24.3 Å². The smallest absolute Gasteiger partial charge is 0.360 e. The van der Waals surface area contributed by atoms with Crippen molar-refractivity contribution in [3.05, 3.63) is 41.5 Å². The molecule has 0 bridgehead atoms. The summed E-state index contributed by atoms with van der Waals surface area (Å²) >= 11 is 0. The van der Waals surface area contributed by atoms with Crippen LogP contribution in [0.1, 0.15) is 11.1 Å². The van der Waals surface area contributed by atoms with Crippen LogP contribution >= 0.6 is 0 Å². The molecule has 6 nitrogen and oxygen atoms in total. The normalized spacial score (nSPS) is 11.4. The highest BCUT2D eigenvalue weighted by Gasteiger charge is 2.17. The van der Waals surface area contributed by atoms with Crippen molar-refractivity contribution in [2.75, 3.05) is 14.2 Å². The first-order chi connectivity index (χ1) is 9.10. The molecule has 0 aliphatic heterocycles. The van der Waals surface area contributed by atoms with Crippen LogP contribution in [0, 0.1) is 0 Å². The van der Waals surface area contributed by atoms with E-state index in [1.165, 1.54) is 20.3 Å². The monoisotopic (exact) mass is 263 g/mol. The van der Waals surface area contributed by atoms with Crippen LogP contribution < -0.4 is 0 Å². The number of esters is 1. The molecule has 100 valence electrons. The zero-order valence-electron chi connectivity index (χ0n) is 10.5. The average Bonchev–Trinajstić information content (AvgIpc) is 2.42. The summed E-state index contributed by atoms with van der Waals surface area (Å²) in [5, 5.41) is 12.2. The maximum Gasteiger partial charge on any atom is 0.360 e. The molecule has 1 aromatic carbocycles. The number of methoxy groups -OCH3 is 1. The zero-order valence-corrected chi connectivity index (χ0v) is 10.5. The molecule has 0 fully saturated rings. The van der Waals surface area contributed by atoms with Crippen molar-refractivity contribution >= 4 is 23.7 Å². The molecular formula is C13H13NO5. The Morgan fingerprint density at radius 2 is 1.95 bits per heavy atom. The van der Waals surface area contributed by atoms with E-state index in [1.807, 2.05) is 0 Å². The highest BCUT2D eigenvalue weighted by atomic mass is 16.6. The van der Waals surface area contributed by atoms with Crippen LogP contribution in [0.4, 0.5) is 0 Å². The Hall–Kier alpha value is -2.63. The molecule has 0 aromatic heterocycles. The fourth-order valence-corrected chi connectivity index (χ4v) is 1.40. The van der Waals surface area contributed by atoms with E-state index in [0.717, 1.165) is 6.08 Å². The minimum Gasteiger partial charge on any atom is -0.478 e. The number of hydrogen-bond donors (Lipinski definition) is 1. The molecule has 19 heavy (non-hydrogen) atoms. The maximum atomic E-state index is 11.6. The standard InChI is InChI=1S/C13H13NO5/c1-18-13(17)12(14-19-2)10-6-4-3-5-9(10)7-8-11(15)16/h3-8H,1-2H3,(H,15,16)/b8-7+,14-12?. The molecule has 6 heteroatoms. The van der Waals surface area contributed by atoms with E-state index in [-0.39, 0.29) is 5.71 Å². The number of carbonyl (C=O) groups excluding carboxylic acids is 1. The van der Waals surface area contributed by atoms with Gasteiger partial charge in [0.25, 0.3) is 0 Å². The molecule has 0 aliphatic carbocycles. The molecule has 0 spiro atoms. The van der Waals surface area contributed by atoms with Gasteiger partial charge in [0.1, 0.15) is 7.11 Å². The van der Waals surface area contributed by atoms with Gasteiger partial charge >= 0.3 is 11.9 Å². The lowest BCUT2D eigenvalue weighted by atomic mass is 10.0. The van der Waals surface area contributed by atoms with Crippen molar-refractivity contribution in [2.24, 2.45) is 5.16 Å². The van der Waals surface area contributed by atoms with Gasteiger partial charge in [-0.15, -0.1) is 0 Å². The number of oxime groups is 1. The number of hydrogen-bond acceptors (Lipinski definition) is 5. The number of carboxylic acids is 1. The fourth-order valence-electron chi connectivity index (χ4n) is 1.40. The third-order valence-electron chi connectivity index (χ3n) is 2.18. The van der Waals surface area contributed by atoms with Crippen molar-refractivity contribution in [2.45, 2.75) is 0 Å². The second-order valence-corrected chi connectivity index (χ2v) is 3.37. The molecule has 0 atom stereocenters. The van der Waals surface area contributed by atoms with Gasteiger partial charge in [0.2, 0.25) is 0 Å². The molecule has 0 amide bonds. The van der Waals surface area contributed by atoms with E-state index in [9.17, 15) is 9.59 Å². The molecule has 1 N–H and O–H groups in total. The SMILES string of the molecule is CON=C(C(=O)OC)c1ccccc1/C=C/C(=O)O. The minimum absolute atomic E-state index is 0.0318. The van der Waals surface area contributed by atoms with E-state index >= 15 is 0 Å². The second kappa shape index (κ2) is 6.95. The predicted octanol–water partition coefficient (Wildman–Crippen LogP) is 1.31. The highest BCUT2D eigenvalue weighted by molar-refractivity contribution is 6.43. The molecule has 0 saturated carbocycles. The van der Waals surface area contributed by atoms with E-state index in [4.69, 9.17) is 5.11 Å². The molecule has 1 aromatic rings. The van der Waals surface area contributed by atoms with E-state index in [2.05, 4.69) is 14.7 Å². The Balaban J connectivity index is 3.28. The zero-order chi connectivity index (χ0) is 14.3. The van der Waals surface area contributed by atoms with Gasteiger partial charge in [0, 0.05) is 11.6 Å². The van der Waals surface area contributed by atoms with Crippen LogP contribution in [0.15, 0.2) is 35.5 Å². The Morgan fingerprint density at radius 3 is 2.53 bits per heavy atom. The van der Waals surface area contributed by atoms with Crippen molar-refractivity contribution in [1.29, 1.82) is 0 Å². The van der Waals surface area contributed by atoms with Crippen LogP contribution in [0.3, 0.4) is 0 Å². The van der Waals surface area contributed by atoms with E-state index < -0.39 is 11.9 Å². The largest absolute Gasteiger partial charge is 0.478 e. The van der Waals surface area contributed by atoms with E-state index in [1.54, 1.807) is 24.3 Å². The Labute approximate surface area is 109 Å². The summed E-state index contributed by atoms with van der Waals surface area (Å²) in [5.74, 6) is -1.75. The van der Waals surface area contributed by atoms with Crippen molar-refractivity contribution in [1.82, 2.24) is 0 Å². The lowest BCUT2D eigenvalue weighted by molar-refractivity contribution is -0.133. The Kier molecular flexibility index (Phi) is 5.28. The number of carboxylic acid groups (broad SMARTS) is 1. The van der Waals surface area contributed by atoms with Gasteiger partial charge in [-0.3, -0.25) is 0 Å². The number of rotatable bonds is 5. The quantitative estimate of drug-likeness (QED) is 0.374. The molecule has 0 heterocycles. The summed E-state index contributed by atoms with van der Waals surface area (Å²) < 4.78 is 4.61. The number of nitrogens with zero attached hydrogens (tertiary/aromatic N) is 1. The second-order valence-electron chi connectivity index (χ2n) is 3.37. The van der Waals surface area contributed by atoms with Gasteiger partial charge in [-0.25, -0.2) is 9.59 Å². The number of carbonyl (C=O) groups is 2. The Bertz CT molecular complexity index is 534. The van der Waals surface area contributed by atoms with Crippen LogP contribution in [0.5, 0.6) is 0 Å². The summed E-state index contributed by atoms with van der Waals surface area (Å²) in [7, 11) is 2.53. The summed E-state index contributed by atoms with van der Waals surface area (Å²) in [6, 6.07) is 6.69. The lowest BCUT2D eigenvalue weighted by Gasteiger charge is -2.07. The summed E-state index contributed by atoms with van der Waals surface area (Å²) in [5.41, 5.74) is 0.912. The molecule has 0 radical (unpaired) electrons. The van der Waals surface area contributed by atoms with Gasteiger partial charge in [-0.1, -0.05) is 29.4 Å². The van der Waals surface area contributed by atoms with Crippen LogP contribution in [0.25, 0.3) is 6.08 Å². The van der Waals surface area contributed by atoms with Gasteiger partial charge < -0.3 is 14.7 Å². The first-order valence-electron chi connectivity index (χ1n) is 5.30. The number of ether oxygens (including phenoxy) is 1. The molecule has 0 unspecified atom stereocenters. The van der Waals surface area contributed by atoms with Crippen LogP contribution in [0.2, 0.25) is 0 Å². The maximum absolute atomic E-state index is 11.6. The summed E-state index contributed by atoms with van der Waals surface area (Å²) in [6.07, 6.45) is 2.34. The average molecular weight is 263 g/mol. The summed E-state index contributed by atoms with van der Waals surface area (Å²) in [6.45, 7) is 0. The lowest BCUT2D eigenvalue weighted by Crippen LogP contribution is -2.18. The Morgan fingerprint density at radius 1 is 1.26 bits per heavy atom. The topological polar surface area (TPSA) is 85.2 Å². The molecule has 1 rings (SSSR count). The molecule has 0 saturated heterocycles. The fraction of sp³-hybridized carbons (Fsp3) is 0.154. The van der Waals surface area contributed by atoms with E-state index in [0.29, 0.717) is 11.1 Å². The highest BCUT2D eigenvalue weighted by Crippen LogP contribution is 2.13. The number of aliphatic carboxylic acids is 1. The van der Waals surface area contributed by atoms with Crippen molar-refractivity contribution in [3.63, 3.8) is 0 Å². The van der Waals surface area contributed by atoms with Gasteiger partial charge in [-0.05, 0) is 11.6 Å². The van der Waals surface area contributed by atoms with Gasteiger partial charge in [0.15, 0.2) is 5.71 Å². The van der Waals surface area contributed by atoms with Gasteiger partial charge in [-0.2, -0.15) is 0 Å². The van der Waals surface area contributed by atoms with Crippen LogP contribution in [-0.2, 0) is 19.2 Å². The van der Waals surface area contributed by atoms with Crippen LogP contribution in [-0.4, -0.2) is 37.0 Å². The first kappa shape index (κ1) is 14.4. The third kappa shape index (κ3) is 3.95. The first-order valence-corrected chi connectivity index (χ1v) is 5.30. The third-order valence-corrected chi connectivity index (χ3v) is 2.18. The van der Waals surface area contributed by atoms with Crippen molar-refractivity contribution in [3.8, 4) is 0 Å². The predicted molar refractivity (Wildman–Crippen MR) is 68.7 cm³/mol. The molecule has 0 aliphatic rings. The minimum atomic E-state index is -1.09. The number of benzene rings is 1. The summed E-state index contributed by atoms with van der Waals surface area (Å²) in [4.78, 5) is 26.8.